The van der Waals surface area contributed by atoms with Crippen LogP contribution in [0.15, 0.2) is 0 Å². The first-order valence-electron chi connectivity index (χ1n) is 7.42. The summed E-state index contributed by atoms with van der Waals surface area (Å²) in [4.78, 5) is 2.62. The fourth-order valence-electron chi connectivity index (χ4n) is 2.34. The summed E-state index contributed by atoms with van der Waals surface area (Å²) < 4.78 is 0. The molecular weight excluding hydrogens is 208 g/mol. The number of nitrogens with zero attached hydrogens (tertiary/aromatic N) is 1. The van der Waals surface area contributed by atoms with E-state index in [1.54, 1.807) is 0 Å². The molecule has 0 aromatic heterocycles. The fourth-order valence-corrected chi connectivity index (χ4v) is 2.34. The van der Waals surface area contributed by atoms with E-state index < -0.39 is 0 Å². The van der Waals surface area contributed by atoms with E-state index in [1.807, 2.05) is 0 Å². The summed E-state index contributed by atoms with van der Waals surface area (Å²) in [7, 11) is 0. The highest BCUT2D eigenvalue weighted by Crippen LogP contribution is 2.18. The van der Waals surface area contributed by atoms with Gasteiger partial charge < -0.3 is 10.2 Å². The van der Waals surface area contributed by atoms with E-state index in [0.29, 0.717) is 5.41 Å². The summed E-state index contributed by atoms with van der Waals surface area (Å²) in [5.74, 6) is 0.866. The minimum atomic E-state index is 0.373. The predicted octanol–water partition coefficient (Wildman–Crippen LogP) is 3.38. The molecular formula is C15H34N2. The quantitative estimate of drug-likeness (QED) is 0.632. The maximum atomic E-state index is 3.47. The molecule has 17 heavy (non-hydrogen) atoms. The highest BCUT2D eigenvalue weighted by atomic mass is 15.1. The lowest BCUT2D eigenvalue weighted by atomic mass is 9.91. The third-order valence-corrected chi connectivity index (χ3v) is 3.62. The van der Waals surface area contributed by atoms with Gasteiger partial charge in [0.15, 0.2) is 0 Å². The van der Waals surface area contributed by atoms with Gasteiger partial charge in [0.2, 0.25) is 0 Å². The van der Waals surface area contributed by atoms with Crippen molar-refractivity contribution >= 4 is 0 Å². The summed E-state index contributed by atoms with van der Waals surface area (Å²) in [6, 6.07) is 0. The van der Waals surface area contributed by atoms with E-state index in [1.165, 1.54) is 32.5 Å². The van der Waals surface area contributed by atoms with E-state index in [-0.39, 0.29) is 0 Å². The third-order valence-electron chi connectivity index (χ3n) is 3.62. The summed E-state index contributed by atoms with van der Waals surface area (Å²) in [5.41, 5.74) is 0.373. The summed E-state index contributed by atoms with van der Waals surface area (Å²) in [6.07, 6.45) is 2.61. The van der Waals surface area contributed by atoms with Gasteiger partial charge in [-0.15, -0.1) is 0 Å². The van der Waals surface area contributed by atoms with Gasteiger partial charge in [-0.25, -0.2) is 0 Å². The molecule has 0 saturated heterocycles. The zero-order valence-corrected chi connectivity index (χ0v) is 13.0. The summed E-state index contributed by atoms with van der Waals surface area (Å²) >= 11 is 0. The van der Waals surface area contributed by atoms with Crippen molar-refractivity contribution in [2.75, 3.05) is 32.7 Å². The van der Waals surface area contributed by atoms with Gasteiger partial charge in [0.1, 0.15) is 0 Å². The number of rotatable bonds is 10. The van der Waals surface area contributed by atoms with Crippen molar-refractivity contribution < 1.29 is 0 Å². The minimum absolute atomic E-state index is 0.373. The Morgan fingerprint density at radius 3 is 2.06 bits per heavy atom. The van der Waals surface area contributed by atoms with Crippen LogP contribution >= 0.6 is 0 Å². The maximum absolute atomic E-state index is 3.47. The monoisotopic (exact) mass is 242 g/mol. The lowest BCUT2D eigenvalue weighted by Gasteiger charge is -2.34. The van der Waals surface area contributed by atoms with Crippen molar-refractivity contribution in [3.05, 3.63) is 0 Å². The molecule has 0 aliphatic rings. The van der Waals surface area contributed by atoms with Crippen LogP contribution in [0, 0.1) is 11.3 Å². The first-order valence-corrected chi connectivity index (χ1v) is 7.42. The number of hydrogen-bond acceptors (Lipinski definition) is 2. The maximum Gasteiger partial charge on any atom is 0.00448 e. The molecule has 0 spiro atoms. The van der Waals surface area contributed by atoms with Gasteiger partial charge in [-0.2, -0.15) is 0 Å². The minimum Gasteiger partial charge on any atom is -0.316 e. The van der Waals surface area contributed by atoms with Crippen LogP contribution in [-0.4, -0.2) is 37.6 Å². The van der Waals surface area contributed by atoms with Gasteiger partial charge >= 0.3 is 0 Å². The first kappa shape index (κ1) is 16.9. The summed E-state index contributed by atoms with van der Waals surface area (Å²) in [5, 5.41) is 3.47. The van der Waals surface area contributed by atoms with Crippen LogP contribution in [-0.2, 0) is 0 Å². The zero-order valence-electron chi connectivity index (χ0n) is 13.0. The van der Waals surface area contributed by atoms with E-state index >= 15 is 0 Å². The van der Waals surface area contributed by atoms with Crippen molar-refractivity contribution in [1.29, 1.82) is 0 Å². The molecule has 0 atom stereocenters. The lowest BCUT2D eigenvalue weighted by Crippen LogP contribution is -2.42. The second kappa shape index (κ2) is 8.93. The van der Waals surface area contributed by atoms with Crippen molar-refractivity contribution in [3.63, 3.8) is 0 Å². The molecule has 2 heteroatoms. The van der Waals surface area contributed by atoms with Crippen LogP contribution in [0.5, 0.6) is 0 Å². The van der Waals surface area contributed by atoms with E-state index in [9.17, 15) is 0 Å². The molecule has 0 aromatic rings. The van der Waals surface area contributed by atoms with Crippen LogP contribution < -0.4 is 5.32 Å². The molecule has 0 unspecified atom stereocenters. The fraction of sp³-hybridized carbons (Fsp3) is 1.00. The highest BCUT2D eigenvalue weighted by Gasteiger charge is 2.21. The van der Waals surface area contributed by atoms with Gasteiger partial charge in [-0.3, -0.25) is 0 Å². The predicted molar refractivity (Wildman–Crippen MR) is 78.5 cm³/mol. The average Bonchev–Trinajstić information content (AvgIpc) is 2.31. The number of nitrogens with one attached hydrogen (secondary N) is 1. The van der Waals surface area contributed by atoms with Crippen LogP contribution in [0.1, 0.15) is 54.4 Å². The molecule has 2 nitrogen and oxygen atoms in total. The third kappa shape index (κ3) is 7.77. The Labute approximate surface area is 109 Å². The highest BCUT2D eigenvalue weighted by molar-refractivity contribution is 4.77. The molecule has 0 aliphatic carbocycles. The summed E-state index contributed by atoms with van der Waals surface area (Å²) in [6.45, 7) is 19.6. The topological polar surface area (TPSA) is 15.3 Å². The second-order valence-corrected chi connectivity index (χ2v) is 5.95. The van der Waals surface area contributed by atoms with Crippen molar-refractivity contribution in [2.45, 2.75) is 54.4 Å². The molecule has 104 valence electrons. The number of hydrogen-bond donors (Lipinski definition) is 1. The molecule has 0 rings (SSSR count). The van der Waals surface area contributed by atoms with Gasteiger partial charge in [0.05, 0.1) is 0 Å². The average molecular weight is 242 g/mol. The Balaban J connectivity index is 4.18. The Kier molecular flexibility index (Phi) is 8.89. The van der Waals surface area contributed by atoms with Crippen LogP contribution in [0.4, 0.5) is 0 Å². The van der Waals surface area contributed by atoms with Gasteiger partial charge in [-0.05, 0) is 24.4 Å². The molecule has 0 aromatic carbocycles. The lowest BCUT2D eigenvalue weighted by molar-refractivity contribution is 0.156. The standard InChI is InChI=1S/C15H34N2/c1-7-14(8-2)11-17(10-4)13-15(5,6)12-16-9-3/h14,16H,7-13H2,1-6H3. The Bertz CT molecular complexity index is 174. The Morgan fingerprint density at radius 1 is 1.06 bits per heavy atom. The Morgan fingerprint density at radius 2 is 1.65 bits per heavy atom. The van der Waals surface area contributed by atoms with Gasteiger partial charge in [0, 0.05) is 19.6 Å². The Hall–Kier alpha value is -0.0800. The van der Waals surface area contributed by atoms with E-state index in [2.05, 4.69) is 51.8 Å². The second-order valence-electron chi connectivity index (χ2n) is 5.95. The van der Waals surface area contributed by atoms with Gasteiger partial charge in [0.25, 0.3) is 0 Å². The van der Waals surface area contributed by atoms with Gasteiger partial charge in [-0.1, -0.05) is 54.4 Å². The van der Waals surface area contributed by atoms with Crippen molar-refractivity contribution in [2.24, 2.45) is 11.3 Å². The molecule has 0 aliphatic heterocycles. The molecule has 0 bridgehead atoms. The molecule has 0 fully saturated rings. The van der Waals surface area contributed by atoms with Crippen LogP contribution in [0.25, 0.3) is 0 Å². The van der Waals surface area contributed by atoms with Crippen LogP contribution in [0.3, 0.4) is 0 Å². The molecule has 0 heterocycles. The van der Waals surface area contributed by atoms with Crippen molar-refractivity contribution in [1.82, 2.24) is 10.2 Å². The van der Waals surface area contributed by atoms with Crippen LogP contribution in [0.2, 0.25) is 0 Å². The van der Waals surface area contributed by atoms with Crippen molar-refractivity contribution in [3.8, 4) is 0 Å². The van der Waals surface area contributed by atoms with E-state index in [4.69, 9.17) is 0 Å². The molecule has 0 amide bonds. The van der Waals surface area contributed by atoms with E-state index in [0.717, 1.165) is 19.0 Å². The smallest absolute Gasteiger partial charge is 0.00448 e. The largest absolute Gasteiger partial charge is 0.316 e. The zero-order chi connectivity index (χ0) is 13.3. The molecule has 0 saturated carbocycles. The molecule has 0 radical (unpaired) electrons. The first-order chi connectivity index (χ1) is 7.99. The SMILES string of the molecule is CCNCC(C)(C)CN(CC)CC(CC)CC. The molecule has 1 N–H and O–H groups in total. The normalized spacial score (nSPS) is 12.7.